The maximum Gasteiger partial charge on any atom is 2.00 e. The minimum Gasteiger partial charge on any atom is -0.652 e. The van der Waals surface area contributed by atoms with Crippen LogP contribution in [-0.4, -0.2) is 82.9 Å². The molecule has 0 spiro atoms. The van der Waals surface area contributed by atoms with Gasteiger partial charge in [-0.05, 0) is 6.16 Å². The molecular weight excluding hydrogens is 202 g/mol. The first kappa shape index (κ1) is 18.6. The average molecular weight is 215 g/mol. The van der Waals surface area contributed by atoms with Crippen molar-refractivity contribution in [2.45, 2.75) is 0 Å². The summed E-state index contributed by atoms with van der Waals surface area (Å²) in [4.78, 5) is 14.2. The van der Waals surface area contributed by atoms with Crippen LogP contribution in [0.1, 0.15) is 0 Å². The molecule has 0 aliphatic carbocycles. The molecule has 0 fully saturated rings. The summed E-state index contributed by atoms with van der Waals surface area (Å²) in [7, 11) is 7.49. The molecule has 0 aliphatic rings. The predicted octanol–water partition coefficient (Wildman–Crippen LogP) is -3.07. The van der Waals surface area contributed by atoms with Crippen molar-refractivity contribution in [3.63, 3.8) is 0 Å². The number of nitrogens with one attached hydrogen (secondary N) is 1. The van der Waals surface area contributed by atoms with Gasteiger partial charge >= 0.3 is 37.7 Å². The van der Waals surface area contributed by atoms with Crippen molar-refractivity contribution >= 4 is 49.9 Å². The number of hydrogen-bond acceptors (Lipinski definition) is 4. The SMILES string of the molecule is CN=C(NC)N(C)C.O=C([O-])[O-].[Ca+2]. The Morgan fingerprint density at radius 2 is 1.69 bits per heavy atom. The van der Waals surface area contributed by atoms with Gasteiger partial charge in [-0.1, -0.05) is 0 Å². The molecule has 0 saturated carbocycles. The first-order valence-corrected chi connectivity index (χ1v) is 3.15. The summed E-state index contributed by atoms with van der Waals surface area (Å²) in [5, 5.41) is 19.6. The molecule has 0 radical (unpaired) electrons. The van der Waals surface area contributed by atoms with Crippen LogP contribution >= 0.6 is 0 Å². The van der Waals surface area contributed by atoms with Crippen molar-refractivity contribution < 1.29 is 15.0 Å². The minimum atomic E-state index is -2.33. The molecule has 0 atom stereocenters. The molecule has 0 saturated heterocycles. The molecule has 0 aromatic carbocycles. The van der Waals surface area contributed by atoms with E-state index in [0.717, 1.165) is 5.96 Å². The Labute approximate surface area is 108 Å². The molecule has 6 nitrogen and oxygen atoms in total. The van der Waals surface area contributed by atoms with Crippen molar-refractivity contribution in [2.24, 2.45) is 4.99 Å². The Hall–Kier alpha value is -0.200. The van der Waals surface area contributed by atoms with Gasteiger partial charge in [0.25, 0.3) is 0 Å². The molecule has 72 valence electrons. The van der Waals surface area contributed by atoms with Crippen molar-refractivity contribution in [1.82, 2.24) is 10.2 Å². The molecule has 0 rings (SSSR count). The van der Waals surface area contributed by atoms with Crippen LogP contribution in [0.5, 0.6) is 0 Å². The van der Waals surface area contributed by atoms with E-state index < -0.39 is 6.16 Å². The van der Waals surface area contributed by atoms with Crippen molar-refractivity contribution in [3.8, 4) is 0 Å². The van der Waals surface area contributed by atoms with Crippen LogP contribution < -0.4 is 15.5 Å². The summed E-state index contributed by atoms with van der Waals surface area (Å²) in [6.07, 6.45) is -2.33. The quantitative estimate of drug-likeness (QED) is 0.263. The zero-order valence-corrected chi connectivity index (χ0v) is 10.5. The van der Waals surface area contributed by atoms with Crippen molar-refractivity contribution in [1.29, 1.82) is 0 Å². The second kappa shape index (κ2) is 11.8. The van der Waals surface area contributed by atoms with Gasteiger partial charge < -0.3 is 25.2 Å². The second-order valence-corrected chi connectivity index (χ2v) is 1.94. The summed E-state index contributed by atoms with van der Waals surface area (Å²) in [5.41, 5.74) is 0. The second-order valence-electron chi connectivity index (χ2n) is 1.94. The Morgan fingerprint density at radius 3 is 1.69 bits per heavy atom. The van der Waals surface area contributed by atoms with E-state index in [-0.39, 0.29) is 37.7 Å². The zero-order valence-electron chi connectivity index (χ0n) is 8.33. The van der Waals surface area contributed by atoms with E-state index in [1.165, 1.54) is 0 Å². The van der Waals surface area contributed by atoms with Crippen LogP contribution in [-0.2, 0) is 0 Å². The van der Waals surface area contributed by atoms with Crippen molar-refractivity contribution in [3.05, 3.63) is 0 Å². The Kier molecular flexibility index (Phi) is 16.8. The molecule has 0 amide bonds. The topological polar surface area (TPSA) is 90.8 Å². The number of nitrogens with zero attached hydrogens (tertiary/aromatic N) is 2. The van der Waals surface area contributed by atoms with E-state index in [0.29, 0.717) is 0 Å². The van der Waals surface area contributed by atoms with Crippen LogP contribution in [0.2, 0.25) is 0 Å². The van der Waals surface area contributed by atoms with Gasteiger partial charge in [-0.2, -0.15) is 0 Å². The molecule has 0 unspecified atom stereocenters. The molecule has 13 heavy (non-hydrogen) atoms. The van der Waals surface area contributed by atoms with Gasteiger partial charge in [0.05, 0.1) is 0 Å². The van der Waals surface area contributed by atoms with Gasteiger partial charge in [-0.15, -0.1) is 0 Å². The molecular formula is C6H13CaN3O3. The summed E-state index contributed by atoms with van der Waals surface area (Å²) in [5.74, 6) is 0.894. The maximum atomic E-state index is 8.33. The average Bonchev–Trinajstić information content (AvgIpc) is 1.87. The van der Waals surface area contributed by atoms with Gasteiger partial charge in [0, 0.05) is 28.2 Å². The number of carboxylic acid groups (broad SMARTS) is 2. The van der Waals surface area contributed by atoms with Crippen LogP contribution in [0, 0.1) is 0 Å². The molecule has 0 aromatic rings. The molecule has 0 aromatic heterocycles. The monoisotopic (exact) mass is 215 g/mol. The first-order chi connectivity index (χ1) is 5.45. The smallest absolute Gasteiger partial charge is 0.652 e. The minimum absolute atomic E-state index is 0. The summed E-state index contributed by atoms with van der Waals surface area (Å²) in [6, 6.07) is 0. The Bertz CT molecular complexity index is 157. The summed E-state index contributed by atoms with van der Waals surface area (Å²) < 4.78 is 0. The standard InChI is InChI=1S/C5H13N3.CH2O3.Ca/c1-6-5(7-2)8(3)4;2-1(3)4;/h1-4H3,(H,6,7);(H2,2,3,4);/q;;+2/p-2. The largest absolute Gasteiger partial charge is 2.00 e. The summed E-state index contributed by atoms with van der Waals surface area (Å²) in [6.45, 7) is 0. The number of carbonyl (C=O) groups excluding carboxylic acids is 1. The van der Waals surface area contributed by atoms with E-state index in [4.69, 9.17) is 15.0 Å². The fourth-order valence-electron chi connectivity index (χ4n) is 0.535. The summed E-state index contributed by atoms with van der Waals surface area (Å²) >= 11 is 0. The van der Waals surface area contributed by atoms with Gasteiger partial charge in [-0.3, -0.25) is 4.99 Å². The van der Waals surface area contributed by atoms with E-state index in [1.54, 1.807) is 7.05 Å². The maximum absolute atomic E-state index is 8.33. The molecule has 7 heteroatoms. The van der Waals surface area contributed by atoms with Gasteiger partial charge in [0.2, 0.25) is 0 Å². The molecule has 0 bridgehead atoms. The van der Waals surface area contributed by atoms with Crippen LogP contribution in [0.15, 0.2) is 4.99 Å². The fraction of sp³-hybridized carbons (Fsp3) is 0.667. The third-order valence-corrected chi connectivity index (χ3v) is 0.859. The first-order valence-electron chi connectivity index (χ1n) is 3.15. The Morgan fingerprint density at radius 1 is 1.38 bits per heavy atom. The van der Waals surface area contributed by atoms with E-state index in [2.05, 4.69) is 10.3 Å². The zero-order chi connectivity index (χ0) is 10.1. The predicted molar refractivity (Wildman–Crippen MR) is 47.3 cm³/mol. The van der Waals surface area contributed by atoms with Crippen LogP contribution in [0.4, 0.5) is 4.79 Å². The van der Waals surface area contributed by atoms with Crippen LogP contribution in [0.3, 0.4) is 0 Å². The van der Waals surface area contributed by atoms with Crippen LogP contribution in [0.25, 0.3) is 0 Å². The number of hydrogen-bond donors (Lipinski definition) is 1. The van der Waals surface area contributed by atoms with Crippen molar-refractivity contribution in [2.75, 3.05) is 28.2 Å². The third kappa shape index (κ3) is 18.6. The van der Waals surface area contributed by atoms with E-state index in [1.807, 2.05) is 26.0 Å². The number of aliphatic imine (C=N–C) groups is 1. The molecule has 1 N–H and O–H groups in total. The van der Waals surface area contributed by atoms with Gasteiger partial charge in [0.15, 0.2) is 5.96 Å². The van der Waals surface area contributed by atoms with Gasteiger partial charge in [-0.25, -0.2) is 0 Å². The number of rotatable bonds is 0. The van der Waals surface area contributed by atoms with Gasteiger partial charge in [0.1, 0.15) is 0 Å². The van der Waals surface area contributed by atoms with E-state index in [9.17, 15) is 0 Å². The Balaban J connectivity index is -0.000000173. The fourth-order valence-corrected chi connectivity index (χ4v) is 0.535. The molecule has 0 aliphatic heterocycles. The number of guanidine groups is 1. The number of carbonyl (C=O) groups is 1. The van der Waals surface area contributed by atoms with E-state index >= 15 is 0 Å². The third-order valence-electron chi connectivity index (χ3n) is 0.859. The molecule has 0 heterocycles. The normalized spacial score (nSPS) is 8.77.